The van der Waals surface area contributed by atoms with Crippen LogP contribution in [0.15, 0.2) is 0 Å². The summed E-state index contributed by atoms with van der Waals surface area (Å²) in [5.74, 6) is 0. The summed E-state index contributed by atoms with van der Waals surface area (Å²) in [6, 6.07) is 0. The van der Waals surface area contributed by atoms with Crippen molar-refractivity contribution in [2.75, 3.05) is 26.2 Å². The third-order valence-electron chi connectivity index (χ3n) is 4.52. The molecule has 0 heterocycles. The molecular formula is C20H44BrP. The Morgan fingerprint density at radius 3 is 1.05 bits per heavy atom. The zero-order valence-electron chi connectivity index (χ0n) is 16.1. The van der Waals surface area contributed by atoms with Gasteiger partial charge in [0.15, 0.2) is 0 Å². The van der Waals surface area contributed by atoms with Crippen LogP contribution in [0.25, 0.3) is 0 Å². The van der Waals surface area contributed by atoms with Gasteiger partial charge in [-0.05, 0) is 0 Å². The van der Waals surface area contributed by atoms with Gasteiger partial charge in [0.05, 0.1) is 0 Å². The van der Waals surface area contributed by atoms with E-state index in [0.29, 0.717) is 0 Å². The standard InChI is InChI=1S/C20H44BrP/c1-5-6-7-8-9-10-11-12-13-14-15-16-17-18-19-20-22(2,3,4)21/h5-20H2,1-4H3. The first-order valence-electron chi connectivity index (χ1n) is 10.0. The summed E-state index contributed by atoms with van der Waals surface area (Å²) in [6.07, 6.45) is 23.3. The van der Waals surface area contributed by atoms with Crippen molar-refractivity contribution < 1.29 is 0 Å². The summed E-state index contributed by atoms with van der Waals surface area (Å²) < 4.78 is 0. The quantitative estimate of drug-likeness (QED) is 0.181. The molecule has 0 aromatic carbocycles. The molecule has 0 spiro atoms. The van der Waals surface area contributed by atoms with E-state index in [9.17, 15) is 0 Å². The fourth-order valence-electron chi connectivity index (χ4n) is 3.02. The van der Waals surface area contributed by atoms with E-state index in [0.717, 1.165) is 0 Å². The van der Waals surface area contributed by atoms with Gasteiger partial charge in [-0.2, -0.15) is 0 Å². The summed E-state index contributed by atoms with van der Waals surface area (Å²) in [5.41, 5.74) is 0. The van der Waals surface area contributed by atoms with E-state index >= 15 is 0 Å². The first kappa shape index (κ1) is 22.9. The van der Waals surface area contributed by atoms with Crippen LogP contribution in [-0.2, 0) is 0 Å². The van der Waals surface area contributed by atoms with Crippen molar-refractivity contribution >= 4 is 20.8 Å². The molecule has 0 aliphatic heterocycles. The minimum absolute atomic E-state index is 1.37. The molecule has 0 nitrogen and oxygen atoms in total. The first-order valence-corrected chi connectivity index (χ1v) is 15.8. The molecule has 0 rings (SSSR count). The molecule has 136 valence electrons. The monoisotopic (exact) mass is 394 g/mol. The van der Waals surface area contributed by atoms with Crippen LogP contribution in [0.2, 0.25) is 0 Å². The van der Waals surface area contributed by atoms with Gasteiger partial charge in [-0.3, -0.25) is 0 Å². The Morgan fingerprint density at radius 1 is 0.500 bits per heavy atom. The maximum atomic E-state index is 3.95. The molecule has 0 atom stereocenters. The van der Waals surface area contributed by atoms with Gasteiger partial charge in [0, 0.05) is 0 Å². The van der Waals surface area contributed by atoms with Gasteiger partial charge in [0.2, 0.25) is 0 Å². The van der Waals surface area contributed by atoms with Crippen molar-refractivity contribution in [2.24, 2.45) is 0 Å². The molecule has 0 saturated carbocycles. The molecule has 0 N–H and O–H groups in total. The fraction of sp³-hybridized carbons (Fsp3) is 1.00. The molecule has 0 fully saturated rings. The van der Waals surface area contributed by atoms with Crippen LogP contribution in [0.3, 0.4) is 0 Å². The molecule has 0 radical (unpaired) electrons. The number of unbranched alkanes of at least 4 members (excludes halogenated alkanes) is 14. The molecule has 0 aromatic rings. The van der Waals surface area contributed by atoms with Crippen LogP contribution in [0, 0.1) is 0 Å². The van der Waals surface area contributed by atoms with Crippen LogP contribution in [0.5, 0.6) is 0 Å². The minimum atomic E-state index is -1.41. The van der Waals surface area contributed by atoms with Crippen molar-refractivity contribution in [1.82, 2.24) is 0 Å². The Morgan fingerprint density at radius 2 is 0.773 bits per heavy atom. The maximum absolute atomic E-state index is 3.95. The molecule has 0 aliphatic rings. The van der Waals surface area contributed by atoms with Crippen LogP contribution in [-0.4, -0.2) is 26.2 Å². The van der Waals surface area contributed by atoms with Gasteiger partial charge >= 0.3 is 118 Å². The Labute approximate surface area is 150 Å². The molecule has 0 aromatic heterocycles. The van der Waals surface area contributed by atoms with Crippen molar-refractivity contribution in [3.63, 3.8) is 0 Å². The second-order valence-electron chi connectivity index (χ2n) is 8.59. The van der Waals surface area contributed by atoms with Gasteiger partial charge in [0.1, 0.15) is 0 Å². The van der Waals surface area contributed by atoms with Crippen LogP contribution >= 0.6 is 20.8 Å². The van der Waals surface area contributed by atoms with E-state index in [1.54, 1.807) is 0 Å². The van der Waals surface area contributed by atoms with E-state index in [-0.39, 0.29) is 0 Å². The third-order valence-corrected chi connectivity index (χ3v) is 7.41. The normalized spacial score (nSPS) is 14.0. The van der Waals surface area contributed by atoms with E-state index in [1.165, 1.54) is 102 Å². The van der Waals surface area contributed by atoms with Crippen LogP contribution in [0.1, 0.15) is 103 Å². The molecule has 0 unspecified atom stereocenters. The van der Waals surface area contributed by atoms with Crippen molar-refractivity contribution in [3.8, 4) is 0 Å². The Kier molecular flexibility index (Phi) is 13.8. The molecule has 0 amide bonds. The predicted octanol–water partition coefficient (Wildman–Crippen LogP) is 8.61. The Hall–Kier alpha value is 0.910. The molecule has 22 heavy (non-hydrogen) atoms. The van der Waals surface area contributed by atoms with Crippen molar-refractivity contribution in [1.29, 1.82) is 0 Å². The van der Waals surface area contributed by atoms with Gasteiger partial charge < -0.3 is 0 Å². The summed E-state index contributed by atoms with van der Waals surface area (Å²) in [6.45, 7) is 9.57. The molecule has 0 aliphatic carbocycles. The number of halogens is 1. The predicted molar refractivity (Wildman–Crippen MR) is 113 cm³/mol. The zero-order valence-corrected chi connectivity index (χ0v) is 18.6. The Bertz CT molecular complexity index is 233. The van der Waals surface area contributed by atoms with Gasteiger partial charge in [-0.1, -0.05) is 32.6 Å². The van der Waals surface area contributed by atoms with E-state index in [1.807, 2.05) is 0 Å². The average Bonchev–Trinajstić information content (AvgIpc) is 2.41. The Balaban J connectivity index is 3.09. The molecule has 0 bridgehead atoms. The van der Waals surface area contributed by atoms with E-state index in [2.05, 4.69) is 42.4 Å². The topological polar surface area (TPSA) is 0 Å². The zero-order chi connectivity index (χ0) is 16.8. The summed E-state index contributed by atoms with van der Waals surface area (Å²) in [5, 5.41) is -1.41. The molecule has 2 heteroatoms. The summed E-state index contributed by atoms with van der Waals surface area (Å²) in [7, 11) is 0. The number of rotatable bonds is 16. The first-order chi connectivity index (χ1) is 10.3. The summed E-state index contributed by atoms with van der Waals surface area (Å²) in [4.78, 5) is 0. The fourth-order valence-corrected chi connectivity index (χ4v) is 5.06. The van der Waals surface area contributed by atoms with Gasteiger partial charge in [-0.15, -0.1) is 0 Å². The van der Waals surface area contributed by atoms with E-state index in [4.69, 9.17) is 0 Å². The number of hydrogen-bond acceptors (Lipinski definition) is 0. The second kappa shape index (κ2) is 13.2. The van der Waals surface area contributed by atoms with E-state index < -0.39 is 5.31 Å². The van der Waals surface area contributed by atoms with Crippen molar-refractivity contribution in [2.45, 2.75) is 103 Å². The average molecular weight is 395 g/mol. The van der Waals surface area contributed by atoms with Crippen molar-refractivity contribution in [3.05, 3.63) is 0 Å². The van der Waals surface area contributed by atoms with Gasteiger partial charge in [-0.25, -0.2) is 0 Å². The molecule has 0 saturated heterocycles. The van der Waals surface area contributed by atoms with Crippen LogP contribution in [0.4, 0.5) is 0 Å². The summed E-state index contributed by atoms with van der Waals surface area (Å²) >= 11 is 3.95. The van der Waals surface area contributed by atoms with Crippen LogP contribution < -0.4 is 0 Å². The van der Waals surface area contributed by atoms with Gasteiger partial charge in [0.25, 0.3) is 0 Å². The number of hydrogen-bond donors (Lipinski definition) is 0. The second-order valence-corrected chi connectivity index (χ2v) is 22.8. The SMILES string of the molecule is CCCCCCCCCCCCCCCCCP(C)(C)(C)Br. The third kappa shape index (κ3) is 20.9. The molecular weight excluding hydrogens is 351 g/mol.